The summed E-state index contributed by atoms with van der Waals surface area (Å²) in [6.45, 7) is 0. The molecule has 0 spiro atoms. The van der Waals surface area contributed by atoms with Crippen molar-refractivity contribution in [2.75, 3.05) is 5.32 Å². The molecule has 0 fully saturated rings. The molecule has 1 aromatic heterocycles. The predicted octanol–water partition coefficient (Wildman–Crippen LogP) is 4.40. The average Bonchev–Trinajstić information content (AvgIpc) is 2.90. The molecule has 0 bridgehead atoms. The van der Waals surface area contributed by atoms with Gasteiger partial charge < -0.3 is 4.42 Å². The number of amides is 1. The molecule has 9 heteroatoms. The van der Waals surface area contributed by atoms with Crippen LogP contribution in [-0.4, -0.2) is 15.8 Å². The molecule has 23 heavy (non-hydrogen) atoms. The number of non-ortho nitro benzene ring substituents is 1. The molecule has 1 amide bonds. The summed E-state index contributed by atoms with van der Waals surface area (Å²) in [5.41, 5.74) is 0.749. The lowest BCUT2D eigenvalue weighted by Crippen LogP contribution is -2.12. The molecule has 0 aliphatic rings. The van der Waals surface area contributed by atoms with Crippen molar-refractivity contribution >= 4 is 56.2 Å². The van der Waals surface area contributed by atoms with Crippen molar-refractivity contribution in [1.29, 1.82) is 0 Å². The summed E-state index contributed by atoms with van der Waals surface area (Å²) in [4.78, 5) is 26.4. The third-order valence-electron chi connectivity index (χ3n) is 2.95. The average molecular weight is 397 g/mol. The Balaban J connectivity index is 1.90. The highest BCUT2D eigenvalue weighted by molar-refractivity contribution is 9.10. The molecule has 0 unspecified atom stereocenters. The van der Waals surface area contributed by atoms with Crippen LogP contribution in [0.2, 0.25) is 5.02 Å². The summed E-state index contributed by atoms with van der Waals surface area (Å²) in [6, 6.07) is 8.63. The van der Waals surface area contributed by atoms with Crippen LogP contribution in [0.3, 0.4) is 0 Å². The van der Waals surface area contributed by atoms with Gasteiger partial charge in [-0.25, -0.2) is 0 Å². The van der Waals surface area contributed by atoms with Gasteiger partial charge in [-0.1, -0.05) is 33.6 Å². The lowest BCUT2D eigenvalue weighted by atomic mass is 10.2. The van der Waals surface area contributed by atoms with E-state index in [0.29, 0.717) is 16.1 Å². The maximum absolute atomic E-state index is 12.1. The quantitative estimate of drug-likeness (QED) is 0.522. The second-order valence-electron chi connectivity index (χ2n) is 4.52. The number of fused-ring (bicyclic) bond motifs is 1. The molecule has 1 heterocycles. The van der Waals surface area contributed by atoms with Crippen molar-refractivity contribution in [1.82, 2.24) is 4.98 Å². The minimum absolute atomic E-state index is 0.0449. The van der Waals surface area contributed by atoms with Crippen molar-refractivity contribution in [3.63, 3.8) is 0 Å². The topological polar surface area (TPSA) is 98.3 Å². The third kappa shape index (κ3) is 3.17. The zero-order valence-electron chi connectivity index (χ0n) is 11.2. The van der Waals surface area contributed by atoms with Gasteiger partial charge in [0.2, 0.25) is 0 Å². The highest BCUT2D eigenvalue weighted by Crippen LogP contribution is 2.30. The summed E-state index contributed by atoms with van der Waals surface area (Å²) in [6.07, 6.45) is 0. The lowest BCUT2D eigenvalue weighted by molar-refractivity contribution is -0.384. The van der Waals surface area contributed by atoms with Gasteiger partial charge in [0.15, 0.2) is 5.58 Å². The highest BCUT2D eigenvalue weighted by atomic mass is 79.9. The number of carbonyl (C=O) groups excluding carboxylic acids is 1. The van der Waals surface area contributed by atoms with E-state index >= 15 is 0 Å². The van der Waals surface area contributed by atoms with Gasteiger partial charge in [0.25, 0.3) is 11.6 Å². The molecule has 0 saturated carbocycles. The molecular formula is C14H7BrClN3O4. The van der Waals surface area contributed by atoms with Crippen LogP contribution in [0.25, 0.3) is 11.1 Å². The van der Waals surface area contributed by atoms with Crippen LogP contribution < -0.4 is 5.32 Å². The third-order valence-corrected chi connectivity index (χ3v) is 3.69. The van der Waals surface area contributed by atoms with Crippen molar-refractivity contribution in [3.05, 3.63) is 61.6 Å². The number of benzene rings is 2. The molecule has 2 aromatic carbocycles. The summed E-state index contributed by atoms with van der Waals surface area (Å²) in [5, 5.41) is 13.5. The number of aromatic nitrogens is 1. The Hall–Kier alpha value is -2.45. The van der Waals surface area contributed by atoms with Gasteiger partial charge in [0, 0.05) is 22.2 Å². The zero-order valence-corrected chi connectivity index (χ0v) is 13.6. The standard InChI is InChI=1S/C14H7BrClN3O4/c15-8-5-10(16)12-11(6-8)17-14(23-12)18-13(20)7-2-1-3-9(4-7)19(21)22/h1-6H,(H,17,18,20). The smallest absolute Gasteiger partial charge is 0.302 e. The number of hydrogen-bond acceptors (Lipinski definition) is 5. The Morgan fingerprint density at radius 2 is 2.13 bits per heavy atom. The highest BCUT2D eigenvalue weighted by Gasteiger charge is 2.16. The van der Waals surface area contributed by atoms with Crippen LogP contribution >= 0.6 is 27.5 Å². The van der Waals surface area contributed by atoms with Crippen LogP contribution in [0.4, 0.5) is 11.7 Å². The van der Waals surface area contributed by atoms with Crippen molar-refractivity contribution < 1.29 is 14.1 Å². The molecule has 0 aliphatic heterocycles. The first-order valence-electron chi connectivity index (χ1n) is 6.25. The number of hydrogen-bond donors (Lipinski definition) is 1. The van der Waals surface area contributed by atoms with E-state index in [2.05, 4.69) is 26.2 Å². The lowest BCUT2D eigenvalue weighted by Gasteiger charge is -2.00. The van der Waals surface area contributed by atoms with Crippen LogP contribution in [0.5, 0.6) is 0 Å². The van der Waals surface area contributed by atoms with Crippen LogP contribution in [0.15, 0.2) is 45.3 Å². The normalized spacial score (nSPS) is 10.7. The second-order valence-corrected chi connectivity index (χ2v) is 5.84. The summed E-state index contributed by atoms with van der Waals surface area (Å²) >= 11 is 9.32. The number of anilines is 1. The van der Waals surface area contributed by atoms with Crippen molar-refractivity contribution in [3.8, 4) is 0 Å². The van der Waals surface area contributed by atoms with Gasteiger partial charge in [-0.05, 0) is 18.2 Å². The van der Waals surface area contributed by atoms with Gasteiger partial charge in [0.05, 0.1) is 9.95 Å². The van der Waals surface area contributed by atoms with Crippen LogP contribution in [-0.2, 0) is 0 Å². The first-order chi connectivity index (χ1) is 10.9. The minimum Gasteiger partial charge on any atom is -0.422 e. The summed E-state index contributed by atoms with van der Waals surface area (Å²) in [7, 11) is 0. The maximum Gasteiger partial charge on any atom is 0.302 e. The fraction of sp³-hybridized carbons (Fsp3) is 0. The first-order valence-corrected chi connectivity index (χ1v) is 7.42. The molecule has 116 valence electrons. The summed E-state index contributed by atoms with van der Waals surface area (Å²) in [5.74, 6) is -0.574. The number of carbonyl (C=O) groups is 1. The molecular weight excluding hydrogens is 390 g/mol. The molecule has 3 aromatic rings. The molecule has 1 N–H and O–H groups in total. The van der Waals surface area contributed by atoms with Gasteiger partial charge in [-0.15, -0.1) is 0 Å². The SMILES string of the molecule is O=C(Nc1nc2cc(Br)cc(Cl)c2o1)c1cccc([N+](=O)[O-])c1. The monoisotopic (exact) mass is 395 g/mol. The predicted molar refractivity (Wildman–Crippen MR) is 87.8 cm³/mol. The second kappa shape index (κ2) is 5.98. The van der Waals surface area contributed by atoms with E-state index in [4.69, 9.17) is 16.0 Å². The molecule has 0 saturated heterocycles. The number of oxazole rings is 1. The molecule has 0 atom stereocenters. The van der Waals surface area contributed by atoms with E-state index in [9.17, 15) is 14.9 Å². The Bertz CT molecular complexity index is 941. The summed E-state index contributed by atoms with van der Waals surface area (Å²) < 4.78 is 6.12. The maximum atomic E-state index is 12.1. The van der Waals surface area contributed by atoms with E-state index in [-0.39, 0.29) is 17.3 Å². The first kappa shape index (κ1) is 15.4. The van der Waals surface area contributed by atoms with Crippen molar-refractivity contribution in [2.24, 2.45) is 0 Å². The van der Waals surface area contributed by atoms with Gasteiger partial charge in [-0.2, -0.15) is 4.98 Å². The fourth-order valence-corrected chi connectivity index (χ4v) is 2.77. The number of halogens is 2. The van der Waals surface area contributed by atoms with Crippen molar-refractivity contribution in [2.45, 2.75) is 0 Å². The molecule has 7 nitrogen and oxygen atoms in total. The van der Waals surface area contributed by atoms with Gasteiger partial charge in [0.1, 0.15) is 5.52 Å². The number of nitrogens with one attached hydrogen (secondary N) is 1. The minimum atomic E-state index is -0.576. The van der Waals surface area contributed by atoms with E-state index in [1.54, 1.807) is 12.1 Å². The zero-order chi connectivity index (χ0) is 16.6. The van der Waals surface area contributed by atoms with Gasteiger partial charge in [-0.3, -0.25) is 20.2 Å². The van der Waals surface area contributed by atoms with E-state index in [0.717, 1.165) is 4.47 Å². The largest absolute Gasteiger partial charge is 0.422 e. The Morgan fingerprint density at radius 3 is 2.87 bits per heavy atom. The molecule has 0 radical (unpaired) electrons. The number of nitro benzene ring substituents is 1. The van der Waals surface area contributed by atoms with E-state index in [1.165, 1.54) is 24.3 Å². The number of rotatable bonds is 3. The van der Waals surface area contributed by atoms with E-state index < -0.39 is 10.8 Å². The fourth-order valence-electron chi connectivity index (χ4n) is 1.94. The molecule has 3 rings (SSSR count). The Labute approximate surface area is 142 Å². The molecule has 0 aliphatic carbocycles. The van der Waals surface area contributed by atoms with Crippen LogP contribution in [0.1, 0.15) is 10.4 Å². The Kier molecular flexibility index (Phi) is 4.01. The Morgan fingerprint density at radius 1 is 1.35 bits per heavy atom. The van der Waals surface area contributed by atoms with Crippen LogP contribution in [0, 0.1) is 10.1 Å². The van der Waals surface area contributed by atoms with E-state index in [1.807, 2.05) is 0 Å². The number of nitro groups is 1. The number of nitrogens with zero attached hydrogens (tertiary/aromatic N) is 2. The van der Waals surface area contributed by atoms with Gasteiger partial charge >= 0.3 is 6.01 Å².